The molecule has 0 aliphatic rings. The Bertz CT molecular complexity index is 730. The molecule has 0 saturated carbocycles. The van der Waals surface area contributed by atoms with Crippen molar-refractivity contribution in [1.29, 1.82) is 0 Å². The maximum absolute atomic E-state index is 13.3. The zero-order chi connectivity index (χ0) is 14.6. The number of nitrogens with one attached hydrogen (secondary N) is 1. The van der Waals surface area contributed by atoms with Gasteiger partial charge in [-0.3, -0.25) is 0 Å². The summed E-state index contributed by atoms with van der Waals surface area (Å²) in [5.41, 5.74) is 0.200. The van der Waals surface area contributed by atoms with Crippen molar-refractivity contribution in [3.63, 3.8) is 0 Å². The summed E-state index contributed by atoms with van der Waals surface area (Å²) >= 11 is 3.22. The summed E-state index contributed by atoms with van der Waals surface area (Å²) in [7, 11) is -3.75. The van der Waals surface area contributed by atoms with E-state index in [1.54, 1.807) is 24.3 Å². The van der Waals surface area contributed by atoms with Crippen LogP contribution in [0.3, 0.4) is 0 Å². The van der Waals surface area contributed by atoms with Crippen LogP contribution in [-0.4, -0.2) is 14.6 Å². The Hall–Kier alpha value is -1.73. The Morgan fingerprint density at radius 2 is 1.75 bits per heavy atom. The summed E-state index contributed by atoms with van der Waals surface area (Å²) in [5.74, 6) is -0.473. The predicted molar refractivity (Wildman–Crippen MR) is 78.5 cm³/mol. The molecule has 7 heteroatoms. The quantitative estimate of drug-likeness (QED) is 0.676. The molecule has 0 amide bonds. The molecule has 0 aromatic heterocycles. The zero-order valence-electron chi connectivity index (χ0n) is 10.1. The molecule has 2 aromatic carbocycles. The minimum Gasteiger partial charge on any atom is -0.206 e. The number of nitrogens with zero attached hydrogens (tertiary/aromatic N) is 1. The first kappa shape index (κ1) is 14.7. The largest absolute Gasteiger partial charge is 0.276 e. The van der Waals surface area contributed by atoms with Crippen molar-refractivity contribution in [2.75, 3.05) is 0 Å². The number of hydrogen-bond donors (Lipinski definition) is 1. The normalized spacial score (nSPS) is 11.7. The van der Waals surface area contributed by atoms with Crippen molar-refractivity contribution in [1.82, 2.24) is 4.83 Å². The van der Waals surface area contributed by atoms with Crippen LogP contribution in [0.15, 0.2) is 63.0 Å². The van der Waals surface area contributed by atoms with E-state index in [2.05, 4.69) is 21.0 Å². The molecule has 0 fully saturated rings. The van der Waals surface area contributed by atoms with Gasteiger partial charge in [0, 0.05) is 10.0 Å². The zero-order valence-corrected chi connectivity index (χ0v) is 12.5. The summed E-state index contributed by atoms with van der Waals surface area (Å²) in [6.07, 6.45) is 1.12. The van der Waals surface area contributed by atoms with Gasteiger partial charge < -0.3 is 0 Å². The SMILES string of the molecule is O=S(=O)(N/N=C\c1ccccc1F)c1ccc(Br)cc1. The molecule has 0 atom stereocenters. The highest BCUT2D eigenvalue weighted by Crippen LogP contribution is 2.14. The van der Waals surface area contributed by atoms with Crippen molar-refractivity contribution in [2.45, 2.75) is 4.90 Å². The van der Waals surface area contributed by atoms with Gasteiger partial charge >= 0.3 is 0 Å². The van der Waals surface area contributed by atoms with E-state index in [-0.39, 0.29) is 10.5 Å². The molecule has 2 rings (SSSR count). The molecule has 0 spiro atoms. The maximum Gasteiger partial charge on any atom is 0.276 e. The minimum atomic E-state index is -3.75. The number of sulfonamides is 1. The molecule has 0 radical (unpaired) electrons. The van der Waals surface area contributed by atoms with E-state index in [1.165, 1.54) is 24.3 Å². The van der Waals surface area contributed by atoms with Gasteiger partial charge in [0.05, 0.1) is 11.1 Å². The minimum absolute atomic E-state index is 0.0754. The van der Waals surface area contributed by atoms with Gasteiger partial charge in [0.1, 0.15) is 5.82 Å². The highest BCUT2D eigenvalue weighted by molar-refractivity contribution is 9.10. The van der Waals surface area contributed by atoms with Gasteiger partial charge in [-0.1, -0.05) is 34.1 Å². The van der Waals surface area contributed by atoms with Crippen LogP contribution in [-0.2, 0) is 10.0 Å². The van der Waals surface area contributed by atoms with Crippen molar-refractivity contribution in [3.05, 3.63) is 64.4 Å². The fourth-order valence-corrected chi connectivity index (χ4v) is 2.47. The molecule has 0 bridgehead atoms. The lowest BCUT2D eigenvalue weighted by molar-refractivity contribution is 0.584. The molecular formula is C13H10BrFN2O2S. The molecule has 104 valence electrons. The standard InChI is InChI=1S/C13H10BrFN2O2S/c14-11-5-7-12(8-6-11)20(18,19)17-16-9-10-3-1-2-4-13(10)15/h1-9,17H/b16-9-. The Balaban J connectivity index is 2.14. The van der Waals surface area contributed by atoms with E-state index in [0.717, 1.165) is 10.7 Å². The first-order valence-electron chi connectivity index (χ1n) is 5.54. The van der Waals surface area contributed by atoms with Crippen LogP contribution in [0.4, 0.5) is 4.39 Å². The van der Waals surface area contributed by atoms with Gasteiger partial charge in [0.25, 0.3) is 10.0 Å². The average Bonchev–Trinajstić information content (AvgIpc) is 2.41. The fourth-order valence-electron chi connectivity index (χ4n) is 1.41. The highest BCUT2D eigenvalue weighted by Gasteiger charge is 2.11. The third-order valence-electron chi connectivity index (χ3n) is 2.41. The smallest absolute Gasteiger partial charge is 0.206 e. The highest BCUT2D eigenvalue weighted by atomic mass is 79.9. The van der Waals surface area contributed by atoms with Gasteiger partial charge in [0.2, 0.25) is 0 Å². The van der Waals surface area contributed by atoms with E-state index < -0.39 is 15.8 Å². The molecule has 20 heavy (non-hydrogen) atoms. The second-order valence-corrected chi connectivity index (χ2v) is 6.40. The van der Waals surface area contributed by atoms with Crippen LogP contribution in [0.1, 0.15) is 5.56 Å². The van der Waals surface area contributed by atoms with Crippen molar-refractivity contribution in [3.8, 4) is 0 Å². The van der Waals surface area contributed by atoms with E-state index in [0.29, 0.717) is 0 Å². The molecular weight excluding hydrogens is 347 g/mol. The lowest BCUT2D eigenvalue weighted by Crippen LogP contribution is -2.18. The van der Waals surface area contributed by atoms with E-state index in [4.69, 9.17) is 0 Å². The predicted octanol–water partition coefficient (Wildman–Crippen LogP) is 2.90. The maximum atomic E-state index is 13.3. The number of hydrogen-bond acceptors (Lipinski definition) is 3. The Kier molecular flexibility index (Phi) is 4.51. The molecule has 0 unspecified atom stereocenters. The van der Waals surface area contributed by atoms with Gasteiger partial charge in [-0.25, -0.2) is 9.22 Å². The van der Waals surface area contributed by atoms with E-state index >= 15 is 0 Å². The number of rotatable bonds is 4. The van der Waals surface area contributed by atoms with Crippen LogP contribution in [0.2, 0.25) is 0 Å². The fraction of sp³-hybridized carbons (Fsp3) is 0. The number of benzene rings is 2. The molecule has 0 aliphatic carbocycles. The van der Waals surface area contributed by atoms with E-state index in [1.807, 2.05) is 4.83 Å². The molecule has 0 saturated heterocycles. The van der Waals surface area contributed by atoms with Crippen LogP contribution in [0, 0.1) is 5.82 Å². The molecule has 4 nitrogen and oxygen atoms in total. The number of halogens is 2. The summed E-state index contributed by atoms with van der Waals surface area (Å²) in [6, 6.07) is 12.0. The van der Waals surface area contributed by atoms with Crippen molar-refractivity contribution < 1.29 is 12.8 Å². The molecule has 0 heterocycles. The second kappa shape index (κ2) is 6.15. The van der Waals surface area contributed by atoms with E-state index in [9.17, 15) is 12.8 Å². The van der Waals surface area contributed by atoms with Gasteiger partial charge in [-0.2, -0.15) is 13.5 Å². The number of hydrazone groups is 1. The monoisotopic (exact) mass is 356 g/mol. The van der Waals surface area contributed by atoms with Gasteiger partial charge in [0.15, 0.2) is 0 Å². The van der Waals surface area contributed by atoms with Crippen LogP contribution in [0.25, 0.3) is 0 Å². The van der Waals surface area contributed by atoms with Crippen LogP contribution >= 0.6 is 15.9 Å². The summed E-state index contributed by atoms with van der Waals surface area (Å²) < 4.78 is 37.8. The third-order valence-corrected chi connectivity index (χ3v) is 4.17. The lowest BCUT2D eigenvalue weighted by Gasteiger charge is -2.03. The molecule has 0 aliphatic heterocycles. The van der Waals surface area contributed by atoms with Crippen LogP contribution in [0.5, 0.6) is 0 Å². The summed E-state index contributed by atoms with van der Waals surface area (Å²) in [5, 5.41) is 3.56. The Morgan fingerprint density at radius 1 is 1.10 bits per heavy atom. The van der Waals surface area contributed by atoms with Crippen LogP contribution < -0.4 is 4.83 Å². The Morgan fingerprint density at radius 3 is 2.40 bits per heavy atom. The van der Waals surface area contributed by atoms with Gasteiger partial charge in [-0.05, 0) is 30.3 Å². The van der Waals surface area contributed by atoms with Gasteiger partial charge in [-0.15, -0.1) is 0 Å². The molecule has 2 aromatic rings. The third kappa shape index (κ3) is 3.64. The molecule has 1 N–H and O–H groups in total. The topological polar surface area (TPSA) is 58.5 Å². The Labute approximate surface area is 124 Å². The van der Waals surface area contributed by atoms with Crippen molar-refractivity contribution >= 4 is 32.2 Å². The first-order chi connectivity index (χ1) is 9.49. The lowest BCUT2D eigenvalue weighted by atomic mass is 10.2. The first-order valence-corrected chi connectivity index (χ1v) is 7.81. The van der Waals surface area contributed by atoms with Crippen molar-refractivity contribution in [2.24, 2.45) is 5.10 Å². The average molecular weight is 357 g/mol. The summed E-state index contributed by atoms with van der Waals surface area (Å²) in [4.78, 5) is 2.11. The second-order valence-electron chi connectivity index (χ2n) is 3.83. The summed E-state index contributed by atoms with van der Waals surface area (Å²) in [6.45, 7) is 0.